The number of aromatic hydroxyl groups is 2. The van der Waals surface area contributed by atoms with Crippen molar-refractivity contribution in [3.8, 4) is 28.7 Å². The molecule has 2 aromatic carbocycles. The zero-order chi connectivity index (χ0) is 15.7. The van der Waals surface area contributed by atoms with Gasteiger partial charge in [-0.25, -0.2) is 0 Å². The predicted molar refractivity (Wildman–Crippen MR) is 81.0 cm³/mol. The highest BCUT2D eigenvalue weighted by molar-refractivity contribution is 5.51. The van der Waals surface area contributed by atoms with Gasteiger partial charge in [-0.3, -0.25) is 0 Å². The topological polar surface area (TPSA) is 68.2 Å². The average molecular weight is 302 g/mol. The van der Waals surface area contributed by atoms with Gasteiger partial charge < -0.3 is 24.4 Å². The molecule has 0 fully saturated rings. The van der Waals surface area contributed by atoms with Crippen molar-refractivity contribution in [2.45, 2.75) is 18.9 Å². The summed E-state index contributed by atoms with van der Waals surface area (Å²) < 4.78 is 16.3. The molecule has 5 heteroatoms. The Kier molecular flexibility index (Phi) is 3.71. The lowest BCUT2D eigenvalue weighted by atomic mass is 9.96. The molecule has 1 atom stereocenters. The van der Waals surface area contributed by atoms with E-state index in [0.717, 1.165) is 17.5 Å². The molecule has 0 aliphatic carbocycles. The van der Waals surface area contributed by atoms with Crippen molar-refractivity contribution >= 4 is 0 Å². The van der Waals surface area contributed by atoms with Gasteiger partial charge in [-0.2, -0.15) is 0 Å². The van der Waals surface area contributed by atoms with Gasteiger partial charge in [-0.1, -0.05) is 6.07 Å². The van der Waals surface area contributed by atoms with E-state index in [1.54, 1.807) is 31.4 Å². The van der Waals surface area contributed by atoms with E-state index in [0.29, 0.717) is 23.7 Å². The van der Waals surface area contributed by atoms with Crippen LogP contribution in [0.15, 0.2) is 30.3 Å². The lowest BCUT2D eigenvalue weighted by Crippen LogP contribution is -2.15. The molecule has 0 radical (unpaired) electrons. The summed E-state index contributed by atoms with van der Waals surface area (Å²) in [5.74, 6) is 1.89. The molecule has 1 heterocycles. The summed E-state index contributed by atoms with van der Waals surface area (Å²) >= 11 is 0. The maximum atomic E-state index is 10.0. The molecule has 0 amide bonds. The van der Waals surface area contributed by atoms with Crippen LogP contribution in [0.4, 0.5) is 0 Å². The van der Waals surface area contributed by atoms with Crippen molar-refractivity contribution in [2.75, 3.05) is 14.2 Å². The minimum atomic E-state index is -0.159. The molecule has 0 saturated carbocycles. The van der Waals surface area contributed by atoms with Crippen molar-refractivity contribution in [3.05, 3.63) is 41.5 Å². The number of phenols is 2. The third kappa shape index (κ3) is 2.50. The lowest BCUT2D eigenvalue weighted by Gasteiger charge is -2.27. The molecule has 22 heavy (non-hydrogen) atoms. The first kappa shape index (κ1) is 14.4. The van der Waals surface area contributed by atoms with E-state index in [1.807, 2.05) is 6.07 Å². The molecule has 1 aliphatic rings. The fraction of sp³-hybridized carbons (Fsp3) is 0.294. The van der Waals surface area contributed by atoms with E-state index in [2.05, 4.69) is 0 Å². The van der Waals surface area contributed by atoms with Crippen LogP contribution < -0.4 is 14.2 Å². The molecular formula is C17H18O5. The zero-order valence-corrected chi connectivity index (χ0v) is 12.5. The second-order valence-electron chi connectivity index (χ2n) is 5.20. The van der Waals surface area contributed by atoms with Crippen molar-refractivity contribution in [2.24, 2.45) is 0 Å². The van der Waals surface area contributed by atoms with Crippen LogP contribution in [0, 0.1) is 0 Å². The number of fused-ring (bicyclic) bond motifs is 1. The Labute approximate surface area is 128 Å². The second-order valence-corrected chi connectivity index (χ2v) is 5.20. The fourth-order valence-corrected chi connectivity index (χ4v) is 2.70. The summed E-state index contributed by atoms with van der Waals surface area (Å²) in [4.78, 5) is 0. The van der Waals surface area contributed by atoms with E-state index >= 15 is 0 Å². The van der Waals surface area contributed by atoms with Crippen molar-refractivity contribution in [1.82, 2.24) is 0 Å². The van der Waals surface area contributed by atoms with Gasteiger partial charge in [0.25, 0.3) is 0 Å². The van der Waals surface area contributed by atoms with Crippen LogP contribution in [-0.2, 0) is 6.42 Å². The minimum absolute atomic E-state index is 0.0989. The van der Waals surface area contributed by atoms with Crippen LogP contribution in [0.3, 0.4) is 0 Å². The zero-order valence-electron chi connectivity index (χ0n) is 12.5. The summed E-state index contributed by atoms with van der Waals surface area (Å²) in [7, 11) is 3.06. The molecule has 3 rings (SSSR count). The molecule has 0 unspecified atom stereocenters. The molecule has 0 spiro atoms. The van der Waals surface area contributed by atoms with Gasteiger partial charge in [0.1, 0.15) is 23.4 Å². The summed E-state index contributed by atoms with van der Waals surface area (Å²) in [6, 6.07) is 8.54. The Balaban J connectivity index is 1.92. The highest BCUT2D eigenvalue weighted by Crippen LogP contribution is 2.42. The third-order valence-corrected chi connectivity index (χ3v) is 3.90. The summed E-state index contributed by atoms with van der Waals surface area (Å²) in [6.45, 7) is 0. The van der Waals surface area contributed by atoms with Crippen molar-refractivity contribution in [1.29, 1.82) is 0 Å². The molecule has 0 saturated heterocycles. The first-order valence-corrected chi connectivity index (χ1v) is 7.05. The Bertz CT molecular complexity index is 696. The van der Waals surface area contributed by atoms with E-state index in [1.165, 1.54) is 7.11 Å². The summed E-state index contributed by atoms with van der Waals surface area (Å²) in [5, 5.41) is 19.7. The lowest BCUT2D eigenvalue weighted by molar-refractivity contribution is 0.173. The average Bonchev–Trinajstić information content (AvgIpc) is 2.54. The highest BCUT2D eigenvalue weighted by Gasteiger charge is 2.25. The van der Waals surface area contributed by atoms with Crippen LogP contribution in [0.1, 0.15) is 23.7 Å². The smallest absolute Gasteiger partial charge is 0.160 e. The quantitative estimate of drug-likeness (QED) is 0.911. The number of phenolic OH excluding ortho intramolecular Hbond substituents is 2. The van der Waals surface area contributed by atoms with Crippen LogP contribution >= 0.6 is 0 Å². The van der Waals surface area contributed by atoms with Gasteiger partial charge in [0.15, 0.2) is 11.5 Å². The predicted octanol–water partition coefficient (Wildman–Crippen LogP) is 3.18. The maximum Gasteiger partial charge on any atom is 0.160 e. The molecule has 2 N–H and O–H groups in total. The number of hydrogen-bond acceptors (Lipinski definition) is 5. The fourth-order valence-electron chi connectivity index (χ4n) is 2.70. The number of hydrogen-bond donors (Lipinski definition) is 2. The van der Waals surface area contributed by atoms with Gasteiger partial charge in [0.05, 0.1) is 14.2 Å². The Morgan fingerprint density at radius 3 is 2.59 bits per heavy atom. The van der Waals surface area contributed by atoms with E-state index < -0.39 is 0 Å². The largest absolute Gasteiger partial charge is 0.507 e. The first-order chi connectivity index (χ1) is 10.6. The Morgan fingerprint density at radius 1 is 1.05 bits per heavy atom. The van der Waals surface area contributed by atoms with Gasteiger partial charge in [-0.05, 0) is 30.5 Å². The maximum absolute atomic E-state index is 10.0. The number of benzene rings is 2. The van der Waals surface area contributed by atoms with Crippen molar-refractivity contribution < 1.29 is 24.4 Å². The van der Waals surface area contributed by atoms with Crippen molar-refractivity contribution in [3.63, 3.8) is 0 Å². The monoisotopic (exact) mass is 302 g/mol. The van der Waals surface area contributed by atoms with Gasteiger partial charge >= 0.3 is 0 Å². The second kappa shape index (κ2) is 5.67. The van der Waals surface area contributed by atoms with Gasteiger partial charge in [0.2, 0.25) is 0 Å². The van der Waals surface area contributed by atoms with Crippen LogP contribution in [0.25, 0.3) is 0 Å². The molecule has 1 aliphatic heterocycles. The van der Waals surface area contributed by atoms with E-state index in [9.17, 15) is 10.2 Å². The molecule has 0 aromatic heterocycles. The summed E-state index contributed by atoms with van der Waals surface area (Å²) in [6.07, 6.45) is 1.29. The van der Waals surface area contributed by atoms with Gasteiger partial charge in [-0.15, -0.1) is 0 Å². The van der Waals surface area contributed by atoms with E-state index in [-0.39, 0.29) is 17.6 Å². The highest BCUT2D eigenvalue weighted by atomic mass is 16.5. The molecule has 5 nitrogen and oxygen atoms in total. The molecule has 116 valence electrons. The Morgan fingerprint density at radius 2 is 1.86 bits per heavy atom. The Hall–Kier alpha value is -2.56. The number of ether oxygens (including phenoxy) is 3. The molecule has 0 bridgehead atoms. The van der Waals surface area contributed by atoms with Crippen LogP contribution in [-0.4, -0.2) is 24.4 Å². The molecular weight excluding hydrogens is 284 g/mol. The minimum Gasteiger partial charge on any atom is -0.507 e. The summed E-state index contributed by atoms with van der Waals surface area (Å²) in [5.41, 5.74) is 1.71. The van der Waals surface area contributed by atoms with E-state index in [4.69, 9.17) is 14.2 Å². The van der Waals surface area contributed by atoms with Crippen LogP contribution in [0.2, 0.25) is 0 Å². The SMILES string of the molecule is COc1cc(O)c2c(c1)O[C@@H](c1ccc(O)c(OC)c1)CC2. The normalized spacial score (nSPS) is 16.5. The third-order valence-electron chi connectivity index (χ3n) is 3.90. The first-order valence-electron chi connectivity index (χ1n) is 7.05. The van der Waals surface area contributed by atoms with Crippen LogP contribution in [0.5, 0.6) is 28.7 Å². The number of rotatable bonds is 3. The number of methoxy groups -OCH3 is 2. The van der Waals surface area contributed by atoms with Gasteiger partial charge in [0, 0.05) is 17.7 Å². The standard InChI is InChI=1S/C17H18O5/c1-20-11-8-14(19)12-4-6-15(22-16(12)9-11)10-3-5-13(18)17(7-10)21-2/h3,5,7-9,15,18-19H,4,6H2,1-2H3/t15-/m1/s1. The molecule has 2 aromatic rings.